The predicted octanol–water partition coefficient (Wildman–Crippen LogP) is 1.75. The van der Waals surface area contributed by atoms with Crippen LogP contribution < -0.4 is 4.78 Å². The van der Waals surface area contributed by atoms with Gasteiger partial charge >= 0.3 is 13.1 Å². The minimum atomic E-state index is -0.927. The van der Waals surface area contributed by atoms with Crippen molar-refractivity contribution in [2.45, 2.75) is 38.9 Å². The summed E-state index contributed by atoms with van der Waals surface area (Å²) in [6, 6.07) is 1.61. The quantitative estimate of drug-likeness (QED) is 0.817. The minimum absolute atomic E-state index is 0.278. The van der Waals surface area contributed by atoms with Gasteiger partial charge in [-0.1, -0.05) is 0 Å². The van der Waals surface area contributed by atoms with Gasteiger partial charge in [-0.15, -0.1) is 0 Å². The highest BCUT2D eigenvalue weighted by Crippen LogP contribution is 2.36. The van der Waals surface area contributed by atoms with Crippen molar-refractivity contribution in [1.82, 2.24) is 0 Å². The van der Waals surface area contributed by atoms with Crippen LogP contribution in [0.5, 0.6) is 0 Å². The van der Waals surface area contributed by atoms with Crippen molar-refractivity contribution < 1.29 is 19.2 Å². The average molecular weight is 254 g/mol. The molecule has 2 heterocycles. The predicted molar refractivity (Wildman–Crippen MR) is 67.0 cm³/mol. The number of carboxylic acid groups (broad SMARTS) is 1. The SMILES string of the molecule is CC1(C)OB(c2cc(C(=O)O)cs2)OC1(C)C. The van der Waals surface area contributed by atoms with Gasteiger partial charge in [0.25, 0.3) is 0 Å². The Morgan fingerprint density at radius 3 is 2.24 bits per heavy atom. The number of carboxylic acids is 1. The summed E-state index contributed by atoms with van der Waals surface area (Å²) in [6.07, 6.45) is 0. The molecule has 1 aliphatic rings. The van der Waals surface area contributed by atoms with Gasteiger partial charge in [0.15, 0.2) is 0 Å². The van der Waals surface area contributed by atoms with Crippen LogP contribution in [-0.2, 0) is 9.31 Å². The molecule has 0 aliphatic carbocycles. The monoisotopic (exact) mass is 254 g/mol. The normalized spacial score (nSPS) is 21.8. The van der Waals surface area contributed by atoms with Crippen LogP contribution in [-0.4, -0.2) is 29.4 Å². The molecule has 1 fully saturated rings. The summed E-state index contributed by atoms with van der Waals surface area (Å²) in [5.74, 6) is -0.927. The van der Waals surface area contributed by atoms with E-state index in [1.165, 1.54) is 11.3 Å². The van der Waals surface area contributed by atoms with Gasteiger partial charge in [0.05, 0.1) is 16.8 Å². The largest absolute Gasteiger partial charge is 0.505 e. The van der Waals surface area contributed by atoms with Gasteiger partial charge < -0.3 is 14.4 Å². The third kappa shape index (κ3) is 2.12. The molecule has 1 aromatic heterocycles. The van der Waals surface area contributed by atoms with E-state index in [0.717, 1.165) is 4.78 Å². The molecule has 6 heteroatoms. The van der Waals surface area contributed by atoms with E-state index in [0.29, 0.717) is 0 Å². The van der Waals surface area contributed by atoms with E-state index in [-0.39, 0.29) is 5.56 Å². The van der Waals surface area contributed by atoms with Crippen LogP contribution >= 0.6 is 11.3 Å². The Bertz CT molecular complexity index is 436. The zero-order valence-corrected chi connectivity index (χ0v) is 11.1. The molecular formula is C11H15BO4S. The Hall–Kier alpha value is -0.845. The molecular weight excluding hydrogens is 239 g/mol. The molecule has 1 N–H and O–H groups in total. The van der Waals surface area contributed by atoms with E-state index in [2.05, 4.69) is 0 Å². The summed E-state index contributed by atoms with van der Waals surface area (Å²) in [4.78, 5) is 10.8. The molecule has 0 aromatic carbocycles. The van der Waals surface area contributed by atoms with Crippen molar-refractivity contribution in [3.8, 4) is 0 Å². The van der Waals surface area contributed by atoms with Crippen molar-refractivity contribution in [3.63, 3.8) is 0 Å². The molecule has 17 heavy (non-hydrogen) atoms. The summed E-state index contributed by atoms with van der Waals surface area (Å²) in [5, 5.41) is 10.5. The number of hydrogen-bond acceptors (Lipinski definition) is 4. The first-order valence-corrected chi connectivity index (χ1v) is 6.28. The number of rotatable bonds is 2. The van der Waals surface area contributed by atoms with E-state index in [9.17, 15) is 4.79 Å². The molecule has 0 atom stereocenters. The second kappa shape index (κ2) is 3.83. The van der Waals surface area contributed by atoms with E-state index in [1.807, 2.05) is 27.7 Å². The first-order chi connectivity index (χ1) is 7.73. The smallest absolute Gasteiger partial charge is 0.478 e. The summed E-state index contributed by atoms with van der Waals surface area (Å²) in [5.41, 5.74) is -0.518. The van der Waals surface area contributed by atoms with Crippen LogP contribution in [0.15, 0.2) is 11.4 Å². The van der Waals surface area contributed by atoms with Crippen LogP contribution in [0.25, 0.3) is 0 Å². The van der Waals surface area contributed by atoms with Crippen LogP contribution in [0.1, 0.15) is 38.1 Å². The second-order valence-electron chi connectivity index (χ2n) is 5.13. The fourth-order valence-corrected chi connectivity index (χ4v) is 2.38. The number of aromatic carboxylic acids is 1. The highest BCUT2D eigenvalue weighted by Gasteiger charge is 2.52. The second-order valence-corrected chi connectivity index (χ2v) is 6.07. The molecule has 2 rings (SSSR count). The molecule has 0 saturated carbocycles. The topological polar surface area (TPSA) is 55.8 Å². The van der Waals surface area contributed by atoms with E-state index in [4.69, 9.17) is 14.4 Å². The van der Waals surface area contributed by atoms with Crippen molar-refractivity contribution in [1.29, 1.82) is 0 Å². The third-order valence-electron chi connectivity index (χ3n) is 3.35. The maximum absolute atomic E-state index is 10.8. The molecule has 0 radical (unpaired) electrons. The summed E-state index contributed by atoms with van der Waals surface area (Å²) < 4.78 is 12.5. The van der Waals surface area contributed by atoms with E-state index in [1.54, 1.807) is 11.4 Å². The average Bonchev–Trinajstić information content (AvgIpc) is 2.70. The van der Waals surface area contributed by atoms with Gasteiger partial charge in [0.1, 0.15) is 0 Å². The Morgan fingerprint density at radius 1 is 1.29 bits per heavy atom. The lowest BCUT2D eigenvalue weighted by atomic mass is 9.87. The van der Waals surface area contributed by atoms with Crippen molar-refractivity contribution in [3.05, 3.63) is 17.0 Å². The van der Waals surface area contributed by atoms with Crippen LogP contribution in [0, 0.1) is 0 Å². The fraction of sp³-hybridized carbons (Fsp3) is 0.545. The lowest BCUT2D eigenvalue weighted by Crippen LogP contribution is -2.41. The third-order valence-corrected chi connectivity index (χ3v) is 4.31. The molecule has 1 aliphatic heterocycles. The molecule has 1 saturated heterocycles. The maximum Gasteiger partial charge on any atom is 0.505 e. The first kappa shape index (κ1) is 12.6. The molecule has 0 amide bonds. The van der Waals surface area contributed by atoms with Crippen LogP contribution in [0.2, 0.25) is 0 Å². The van der Waals surface area contributed by atoms with E-state index < -0.39 is 24.3 Å². The van der Waals surface area contributed by atoms with Gasteiger partial charge in [-0.3, -0.25) is 0 Å². The Morgan fingerprint density at radius 2 is 1.82 bits per heavy atom. The highest BCUT2D eigenvalue weighted by molar-refractivity contribution is 7.21. The zero-order valence-electron chi connectivity index (χ0n) is 10.3. The van der Waals surface area contributed by atoms with E-state index >= 15 is 0 Å². The standard InChI is InChI=1S/C11H15BO4S/c1-10(2)11(3,4)16-12(15-10)8-5-7(6-17-8)9(13)14/h5-6H,1-4H3,(H,13,14). The zero-order chi connectivity index (χ0) is 12.8. The van der Waals surface area contributed by atoms with Gasteiger partial charge in [-0.25, -0.2) is 4.79 Å². The Labute approximate surface area is 105 Å². The molecule has 0 spiro atoms. The molecule has 0 unspecified atom stereocenters. The van der Waals surface area contributed by atoms with Gasteiger partial charge in [0, 0.05) is 10.2 Å². The molecule has 0 bridgehead atoms. The van der Waals surface area contributed by atoms with Crippen molar-refractivity contribution in [2.75, 3.05) is 0 Å². The fourth-order valence-electron chi connectivity index (χ4n) is 1.55. The highest BCUT2D eigenvalue weighted by atomic mass is 32.1. The minimum Gasteiger partial charge on any atom is -0.478 e. The van der Waals surface area contributed by atoms with Crippen molar-refractivity contribution in [2.24, 2.45) is 0 Å². The molecule has 4 nitrogen and oxygen atoms in total. The lowest BCUT2D eigenvalue weighted by molar-refractivity contribution is 0.00578. The Kier molecular flexibility index (Phi) is 2.84. The summed E-state index contributed by atoms with van der Waals surface area (Å²) >= 11 is 1.35. The van der Waals surface area contributed by atoms with Crippen LogP contribution in [0.4, 0.5) is 0 Å². The van der Waals surface area contributed by atoms with Crippen molar-refractivity contribution >= 4 is 29.2 Å². The lowest BCUT2D eigenvalue weighted by Gasteiger charge is -2.32. The van der Waals surface area contributed by atoms with Gasteiger partial charge in [-0.05, 0) is 33.8 Å². The Balaban J connectivity index is 2.23. The maximum atomic E-state index is 10.8. The summed E-state index contributed by atoms with van der Waals surface area (Å²) in [6.45, 7) is 7.88. The number of hydrogen-bond donors (Lipinski definition) is 1. The van der Waals surface area contributed by atoms with Gasteiger partial charge in [-0.2, -0.15) is 11.3 Å². The summed E-state index contributed by atoms with van der Waals surface area (Å²) in [7, 11) is -0.474. The van der Waals surface area contributed by atoms with Crippen LogP contribution in [0.3, 0.4) is 0 Å². The molecule has 1 aromatic rings. The van der Waals surface area contributed by atoms with Gasteiger partial charge in [0.2, 0.25) is 0 Å². The first-order valence-electron chi connectivity index (χ1n) is 5.40. The number of thiophene rings is 1. The molecule has 92 valence electrons. The number of carbonyl (C=O) groups is 1.